The number of rotatable bonds is 6. The highest BCUT2D eigenvalue weighted by atomic mass is 35.5. The predicted molar refractivity (Wildman–Crippen MR) is 174 cm³/mol. The molecular weight excluding hydrogens is 579 g/mol. The molecular formula is C33H38ClFN8O. The molecule has 1 aliphatic carbocycles. The minimum atomic E-state index is -0.492. The maximum Gasteiger partial charge on any atom is 0.246 e. The summed E-state index contributed by atoms with van der Waals surface area (Å²) in [5, 5.41) is 12.5. The van der Waals surface area contributed by atoms with Crippen LogP contribution in [0.25, 0.3) is 32.9 Å². The van der Waals surface area contributed by atoms with Crippen molar-refractivity contribution in [3.8, 4) is 11.1 Å². The Kier molecular flexibility index (Phi) is 7.45. The number of amides is 1. The molecule has 4 aromatic rings. The summed E-state index contributed by atoms with van der Waals surface area (Å²) in [5.74, 6) is 0.430. The average molecular weight is 617 g/mol. The number of nitrogens with one attached hydrogen (secondary N) is 2. The van der Waals surface area contributed by atoms with Crippen LogP contribution in [-0.4, -0.2) is 86.2 Å². The number of hydrogen-bond donors (Lipinski definition) is 2. The number of carbonyl (C=O) groups is 1. The standard InChI is InChI=1S/C33H38ClFN8O/c1-5-26(44)42-16-20(4)43(17-19(42)3)32-24-14-25(34)28(27-18(2)6-7-21-15-36-40-30(21)27)29(35)31(24)38-33(39-32)37-22-10-12-41(13-11-22)23-8-9-23/h5-7,14-15,19-20,22-23H,1,8-13,16-17H2,2-4H3,(H,36,40)(H,37,38,39)/t19-,20+/m1/s1. The smallest absolute Gasteiger partial charge is 0.246 e. The maximum atomic E-state index is 16.9. The first-order chi connectivity index (χ1) is 21.2. The Morgan fingerprint density at radius 1 is 1.11 bits per heavy atom. The van der Waals surface area contributed by atoms with Crippen LogP contribution in [0, 0.1) is 12.7 Å². The van der Waals surface area contributed by atoms with Crippen LogP contribution < -0.4 is 10.2 Å². The zero-order chi connectivity index (χ0) is 30.7. The van der Waals surface area contributed by atoms with Crippen LogP contribution in [0.1, 0.15) is 45.1 Å². The number of carbonyl (C=O) groups excluding carboxylic acids is 1. The molecule has 44 heavy (non-hydrogen) atoms. The van der Waals surface area contributed by atoms with Gasteiger partial charge in [-0.1, -0.05) is 30.3 Å². The molecule has 3 fully saturated rings. The fourth-order valence-corrected chi connectivity index (χ4v) is 7.30. The molecule has 2 aliphatic heterocycles. The number of piperidine rings is 1. The quantitative estimate of drug-likeness (QED) is 0.260. The number of hydrogen-bond acceptors (Lipinski definition) is 7. The van der Waals surface area contributed by atoms with E-state index in [1.54, 1.807) is 12.3 Å². The van der Waals surface area contributed by atoms with E-state index in [1.807, 2.05) is 30.9 Å². The van der Waals surface area contributed by atoms with E-state index in [1.165, 1.54) is 18.9 Å². The Bertz CT molecular complexity index is 1760. The molecule has 2 saturated heterocycles. The fraction of sp³-hybridized carbons (Fsp3) is 0.455. The highest BCUT2D eigenvalue weighted by molar-refractivity contribution is 6.35. The number of aromatic amines is 1. The van der Waals surface area contributed by atoms with Gasteiger partial charge in [0.05, 0.1) is 16.7 Å². The summed E-state index contributed by atoms with van der Waals surface area (Å²) in [6.45, 7) is 12.8. The second-order valence-corrected chi connectivity index (χ2v) is 13.0. The van der Waals surface area contributed by atoms with Crippen LogP contribution in [0.4, 0.5) is 16.2 Å². The molecule has 7 rings (SSSR count). The number of aryl methyl sites for hydroxylation is 1. The molecule has 1 saturated carbocycles. The lowest BCUT2D eigenvalue weighted by atomic mass is 9.96. The van der Waals surface area contributed by atoms with E-state index >= 15 is 4.39 Å². The number of aromatic nitrogens is 4. The summed E-state index contributed by atoms with van der Waals surface area (Å²) in [7, 11) is 0. The van der Waals surface area contributed by atoms with Gasteiger partial charge in [-0.25, -0.2) is 9.37 Å². The van der Waals surface area contributed by atoms with Crippen molar-refractivity contribution < 1.29 is 9.18 Å². The zero-order valence-electron chi connectivity index (χ0n) is 25.4. The third-order valence-corrected chi connectivity index (χ3v) is 9.88. The summed E-state index contributed by atoms with van der Waals surface area (Å²) >= 11 is 6.95. The van der Waals surface area contributed by atoms with Crippen LogP contribution >= 0.6 is 11.6 Å². The molecule has 3 aliphatic rings. The van der Waals surface area contributed by atoms with E-state index in [2.05, 4.69) is 38.8 Å². The monoisotopic (exact) mass is 616 g/mol. The van der Waals surface area contributed by atoms with Crippen LogP contribution in [0.3, 0.4) is 0 Å². The molecule has 0 radical (unpaired) electrons. The zero-order valence-corrected chi connectivity index (χ0v) is 26.2. The van der Waals surface area contributed by atoms with Crippen molar-refractivity contribution in [1.82, 2.24) is 30.0 Å². The number of anilines is 2. The summed E-state index contributed by atoms with van der Waals surface area (Å²) in [6.07, 6.45) is 7.65. The largest absolute Gasteiger partial charge is 0.351 e. The van der Waals surface area contributed by atoms with Crippen molar-refractivity contribution in [1.29, 1.82) is 0 Å². The third-order valence-electron chi connectivity index (χ3n) is 9.58. The molecule has 230 valence electrons. The van der Waals surface area contributed by atoms with Crippen LogP contribution in [0.2, 0.25) is 5.02 Å². The van der Waals surface area contributed by atoms with Crippen LogP contribution in [-0.2, 0) is 4.79 Å². The van der Waals surface area contributed by atoms with Crippen molar-refractivity contribution in [3.05, 3.63) is 53.5 Å². The maximum absolute atomic E-state index is 16.9. The van der Waals surface area contributed by atoms with Crippen molar-refractivity contribution in [3.63, 3.8) is 0 Å². The number of fused-ring (bicyclic) bond motifs is 2. The SMILES string of the molecule is C=CC(=O)N1C[C@H](C)N(c2nc(NC3CCN(C4CC4)CC3)nc3c(F)c(-c4c(C)ccc5cn[nH]c45)c(Cl)cc23)C[C@H]1C. The number of benzene rings is 2. The molecule has 2 atom stereocenters. The van der Waals surface area contributed by atoms with Gasteiger partial charge in [0.25, 0.3) is 0 Å². The average Bonchev–Trinajstić information content (AvgIpc) is 3.76. The van der Waals surface area contributed by atoms with E-state index in [4.69, 9.17) is 21.6 Å². The Hall–Kier alpha value is -3.76. The first kappa shape index (κ1) is 29.0. The molecule has 0 spiro atoms. The fourth-order valence-electron chi connectivity index (χ4n) is 7.01. The Morgan fingerprint density at radius 2 is 1.89 bits per heavy atom. The number of halogens is 2. The topological polar surface area (TPSA) is 93.3 Å². The first-order valence-electron chi connectivity index (χ1n) is 15.6. The lowest BCUT2D eigenvalue weighted by molar-refractivity contribution is -0.128. The summed E-state index contributed by atoms with van der Waals surface area (Å²) in [6, 6.07) is 6.47. The van der Waals surface area contributed by atoms with Gasteiger partial charge in [0.15, 0.2) is 5.82 Å². The van der Waals surface area contributed by atoms with Gasteiger partial charge in [0.1, 0.15) is 11.3 Å². The molecule has 9 nitrogen and oxygen atoms in total. The number of piperazine rings is 1. The molecule has 1 amide bonds. The molecule has 2 aromatic carbocycles. The molecule has 2 aromatic heterocycles. The van der Waals surface area contributed by atoms with Crippen molar-refractivity contribution in [2.24, 2.45) is 0 Å². The Morgan fingerprint density at radius 3 is 2.61 bits per heavy atom. The van der Waals surface area contributed by atoms with E-state index in [9.17, 15) is 4.79 Å². The third kappa shape index (κ3) is 5.07. The van der Waals surface area contributed by atoms with Gasteiger partial charge < -0.3 is 20.0 Å². The van der Waals surface area contributed by atoms with Crippen molar-refractivity contribution >= 4 is 51.1 Å². The minimum absolute atomic E-state index is 0.0784. The Labute approximate surface area is 261 Å². The van der Waals surface area contributed by atoms with Crippen molar-refractivity contribution in [2.45, 2.75) is 70.6 Å². The van der Waals surface area contributed by atoms with Gasteiger partial charge in [-0.15, -0.1) is 0 Å². The predicted octanol–water partition coefficient (Wildman–Crippen LogP) is 5.92. The normalized spacial score (nSPS) is 21.8. The lowest BCUT2D eigenvalue weighted by Gasteiger charge is -2.44. The van der Waals surface area contributed by atoms with Gasteiger partial charge in [-0.2, -0.15) is 10.1 Å². The van der Waals surface area contributed by atoms with E-state index in [-0.39, 0.29) is 34.6 Å². The van der Waals surface area contributed by atoms with E-state index in [0.29, 0.717) is 41.4 Å². The highest BCUT2D eigenvalue weighted by Gasteiger charge is 2.35. The van der Waals surface area contributed by atoms with Crippen LogP contribution in [0.5, 0.6) is 0 Å². The van der Waals surface area contributed by atoms with Gasteiger partial charge in [0, 0.05) is 72.2 Å². The summed E-state index contributed by atoms with van der Waals surface area (Å²) in [5.41, 5.74) is 2.79. The molecule has 0 bridgehead atoms. The second kappa shape index (κ2) is 11.3. The van der Waals surface area contributed by atoms with Gasteiger partial charge in [-0.3, -0.25) is 9.89 Å². The van der Waals surface area contributed by atoms with Gasteiger partial charge >= 0.3 is 0 Å². The number of nitrogens with zero attached hydrogens (tertiary/aromatic N) is 6. The summed E-state index contributed by atoms with van der Waals surface area (Å²) in [4.78, 5) is 29.0. The van der Waals surface area contributed by atoms with E-state index < -0.39 is 5.82 Å². The highest BCUT2D eigenvalue weighted by Crippen LogP contribution is 2.42. The van der Waals surface area contributed by atoms with Gasteiger partial charge in [-0.05, 0) is 64.2 Å². The lowest BCUT2D eigenvalue weighted by Crippen LogP contribution is -2.58. The number of likely N-dealkylation sites (tertiary alicyclic amines) is 1. The second-order valence-electron chi connectivity index (χ2n) is 12.6. The van der Waals surface area contributed by atoms with Crippen LogP contribution in [0.15, 0.2) is 37.1 Å². The first-order valence-corrected chi connectivity index (χ1v) is 15.9. The Balaban J connectivity index is 1.34. The molecule has 0 unspecified atom stereocenters. The molecule has 11 heteroatoms. The van der Waals surface area contributed by atoms with Gasteiger partial charge in [0.2, 0.25) is 11.9 Å². The van der Waals surface area contributed by atoms with Crippen molar-refractivity contribution in [2.75, 3.05) is 36.4 Å². The molecule has 2 N–H and O–H groups in total. The molecule has 4 heterocycles. The minimum Gasteiger partial charge on any atom is -0.351 e. The summed E-state index contributed by atoms with van der Waals surface area (Å²) < 4.78 is 16.9. The number of H-pyrrole nitrogens is 1. The van der Waals surface area contributed by atoms with E-state index in [0.717, 1.165) is 48.4 Å².